The molecule has 0 spiro atoms. The third kappa shape index (κ3) is 6.83. The average Bonchev–Trinajstić information content (AvgIpc) is 2.89. The second-order valence-corrected chi connectivity index (χ2v) is 7.61. The predicted molar refractivity (Wildman–Crippen MR) is 134 cm³/mol. The SMILES string of the molecule is Oc1ccc(F)cc1/N=N/c1ccc(NCCNc2ccc(/N=N/c3cc(F)ccc3O)cc2)cc1. The van der Waals surface area contributed by atoms with Crippen molar-refractivity contribution in [1.29, 1.82) is 0 Å². The van der Waals surface area contributed by atoms with Crippen molar-refractivity contribution < 1.29 is 19.0 Å². The lowest BCUT2D eigenvalue weighted by Gasteiger charge is -2.09. The Balaban J connectivity index is 1.22. The van der Waals surface area contributed by atoms with Gasteiger partial charge in [0.15, 0.2) is 0 Å². The molecule has 0 aliphatic rings. The molecule has 0 aliphatic carbocycles. The lowest BCUT2D eigenvalue weighted by Crippen LogP contribution is -2.13. The zero-order valence-electron chi connectivity index (χ0n) is 18.9. The molecule has 0 amide bonds. The largest absolute Gasteiger partial charge is 0.506 e. The van der Waals surface area contributed by atoms with Crippen molar-refractivity contribution in [1.82, 2.24) is 0 Å². The lowest BCUT2D eigenvalue weighted by molar-refractivity contribution is 0.474. The van der Waals surface area contributed by atoms with Gasteiger partial charge in [-0.3, -0.25) is 0 Å². The van der Waals surface area contributed by atoms with Crippen molar-refractivity contribution in [3.8, 4) is 11.5 Å². The molecule has 0 saturated carbocycles. The van der Waals surface area contributed by atoms with E-state index < -0.39 is 11.6 Å². The topological polar surface area (TPSA) is 114 Å². The van der Waals surface area contributed by atoms with Crippen LogP contribution in [0.3, 0.4) is 0 Å². The van der Waals surface area contributed by atoms with E-state index in [1.807, 2.05) is 24.3 Å². The highest BCUT2D eigenvalue weighted by atomic mass is 19.1. The van der Waals surface area contributed by atoms with Gasteiger partial charge < -0.3 is 20.8 Å². The second-order valence-electron chi connectivity index (χ2n) is 7.61. The van der Waals surface area contributed by atoms with Crippen LogP contribution in [0.4, 0.5) is 42.9 Å². The van der Waals surface area contributed by atoms with Crippen LogP contribution >= 0.6 is 0 Å². The van der Waals surface area contributed by atoms with E-state index in [2.05, 4.69) is 31.1 Å². The number of azo groups is 2. The van der Waals surface area contributed by atoms with Crippen LogP contribution in [-0.2, 0) is 0 Å². The summed E-state index contributed by atoms with van der Waals surface area (Å²) in [5.74, 6) is -1.29. The van der Waals surface area contributed by atoms with E-state index >= 15 is 0 Å². The molecule has 0 saturated heterocycles. The Hall–Kier alpha value is -4.86. The molecular formula is C26H22F2N6O2. The van der Waals surface area contributed by atoms with E-state index in [4.69, 9.17) is 0 Å². The van der Waals surface area contributed by atoms with Gasteiger partial charge in [-0.2, -0.15) is 10.2 Å². The minimum absolute atomic E-state index is 0.0604. The molecule has 36 heavy (non-hydrogen) atoms. The van der Waals surface area contributed by atoms with Crippen LogP contribution in [0.1, 0.15) is 0 Å². The first-order valence-corrected chi connectivity index (χ1v) is 10.9. The van der Waals surface area contributed by atoms with Crippen LogP contribution in [0.15, 0.2) is 105 Å². The predicted octanol–water partition coefficient (Wildman–Crippen LogP) is 7.73. The molecule has 8 nitrogen and oxygen atoms in total. The van der Waals surface area contributed by atoms with Crippen LogP contribution in [0.5, 0.6) is 11.5 Å². The highest BCUT2D eigenvalue weighted by Crippen LogP contribution is 2.30. The molecule has 4 N–H and O–H groups in total. The summed E-state index contributed by atoms with van der Waals surface area (Å²) in [4.78, 5) is 0. The van der Waals surface area contributed by atoms with Crippen LogP contribution in [0.2, 0.25) is 0 Å². The van der Waals surface area contributed by atoms with Gasteiger partial charge in [-0.25, -0.2) is 8.78 Å². The Bertz CT molecular complexity index is 1270. The van der Waals surface area contributed by atoms with Crippen molar-refractivity contribution >= 4 is 34.1 Å². The Morgan fingerprint density at radius 1 is 0.528 bits per heavy atom. The Kier molecular flexibility index (Phi) is 7.76. The summed E-state index contributed by atoms with van der Waals surface area (Å²) in [6, 6.07) is 21.4. The molecule has 182 valence electrons. The van der Waals surface area contributed by atoms with E-state index in [-0.39, 0.29) is 22.9 Å². The summed E-state index contributed by atoms with van der Waals surface area (Å²) in [6.45, 7) is 1.30. The fraction of sp³-hybridized carbons (Fsp3) is 0.0769. The van der Waals surface area contributed by atoms with Gasteiger partial charge in [0, 0.05) is 36.6 Å². The van der Waals surface area contributed by atoms with E-state index in [0.29, 0.717) is 24.5 Å². The number of benzene rings is 4. The van der Waals surface area contributed by atoms with Crippen LogP contribution in [0.25, 0.3) is 0 Å². The summed E-state index contributed by atoms with van der Waals surface area (Å²) in [5, 5.41) is 41.7. The molecular weight excluding hydrogens is 466 g/mol. The average molecular weight is 488 g/mol. The van der Waals surface area contributed by atoms with Gasteiger partial charge in [-0.1, -0.05) is 0 Å². The van der Waals surface area contributed by atoms with Gasteiger partial charge in [0.2, 0.25) is 0 Å². The highest BCUT2D eigenvalue weighted by molar-refractivity contribution is 5.55. The molecule has 4 aromatic rings. The van der Waals surface area contributed by atoms with E-state index in [9.17, 15) is 19.0 Å². The zero-order valence-corrected chi connectivity index (χ0v) is 18.9. The van der Waals surface area contributed by atoms with Crippen molar-refractivity contribution in [2.24, 2.45) is 20.5 Å². The van der Waals surface area contributed by atoms with Crippen molar-refractivity contribution in [3.05, 3.63) is 96.6 Å². The quantitative estimate of drug-likeness (QED) is 0.143. The zero-order chi connectivity index (χ0) is 25.3. The molecule has 0 bridgehead atoms. The Labute approximate surface area is 205 Å². The maximum Gasteiger partial charge on any atom is 0.143 e. The van der Waals surface area contributed by atoms with Gasteiger partial charge in [0.25, 0.3) is 0 Å². The molecule has 0 aliphatic heterocycles. The first-order valence-electron chi connectivity index (χ1n) is 10.9. The van der Waals surface area contributed by atoms with Gasteiger partial charge in [0.1, 0.15) is 34.5 Å². The van der Waals surface area contributed by atoms with E-state index in [1.54, 1.807) is 24.3 Å². The number of phenols is 2. The van der Waals surface area contributed by atoms with Gasteiger partial charge in [0.05, 0.1) is 11.4 Å². The number of rotatable bonds is 9. The number of aromatic hydroxyl groups is 2. The summed E-state index contributed by atoms with van der Waals surface area (Å²) in [6.07, 6.45) is 0. The number of phenolic OH excluding ortho intramolecular Hbond substituents is 2. The normalized spacial score (nSPS) is 11.3. The fourth-order valence-corrected chi connectivity index (χ4v) is 3.08. The van der Waals surface area contributed by atoms with Crippen molar-refractivity contribution in [2.45, 2.75) is 0 Å². The highest BCUT2D eigenvalue weighted by Gasteiger charge is 2.03. The number of halogens is 2. The minimum atomic E-state index is -0.501. The van der Waals surface area contributed by atoms with Crippen LogP contribution < -0.4 is 10.6 Å². The smallest absolute Gasteiger partial charge is 0.143 e. The Morgan fingerprint density at radius 2 is 0.917 bits per heavy atom. The molecule has 0 aromatic heterocycles. The number of nitrogens with one attached hydrogen (secondary N) is 2. The maximum absolute atomic E-state index is 13.3. The molecule has 10 heteroatoms. The van der Waals surface area contributed by atoms with Crippen molar-refractivity contribution in [3.63, 3.8) is 0 Å². The number of hydrogen-bond donors (Lipinski definition) is 4. The summed E-state index contributed by atoms with van der Waals surface area (Å²) in [7, 11) is 0. The molecule has 4 aromatic carbocycles. The van der Waals surface area contributed by atoms with Gasteiger partial charge in [-0.05, 0) is 72.8 Å². The number of anilines is 2. The third-order valence-electron chi connectivity index (χ3n) is 4.94. The van der Waals surface area contributed by atoms with E-state index in [0.717, 1.165) is 35.6 Å². The van der Waals surface area contributed by atoms with E-state index in [1.165, 1.54) is 12.1 Å². The standard InChI is InChI=1S/C26H22F2N6O2/c27-17-1-11-25(35)23(15-17)33-31-21-7-3-19(4-8-21)29-13-14-30-20-5-9-22(10-6-20)32-34-24-16-18(28)2-12-26(24)36/h1-12,15-16,29-30,35-36H,13-14H2/b33-31+,34-32+. The summed E-state index contributed by atoms with van der Waals surface area (Å²) in [5.41, 5.74) is 3.02. The molecule has 4 rings (SSSR count). The molecule has 0 atom stereocenters. The minimum Gasteiger partial charge on any atom is -0.506 e. The summed E-state index contributed by atoms with van der Waals surface area (Å²) >= 11 is 0. The molecule has 0 fully saturated rings. The molecule has 0 heterocycles. The second kappa shape index (κ2) is 11.5. The van der Waals surface area contributed by atoms with Gasteiger partial charge >= 0.3 is 0 Å². The lowest BCUT2D eigenvalue weighted by atomic mass is 10.2. The maximum atomic E-state index is 13.3. The number of nitrogens with zero attached hydrogens (tertiary/aromatic N) is 4. The van der Waals surface area contributed by atoms with Crippen LogP contribution in [-0.4, -0.2) is 23.3 Å². The van der Waals surface area contributed by atoms with Crippen LogP contribution in [0, 0.1) is 11.6 Å². The Morgan fingerprint density at radius 3 is 1.31 bits per heavy atom. The number of hydrogen-bond acceptors (Lipinski definition) is 8. The molecule has 0 radical (unpaired) electrons. The summed E-state index contributed by atoms with van der Waals surface area (Å²) < 4.78 is 26.5. The van der Waals surface area contributed by atoms with Crippen molar-refractivity contribution in [2.75, 3.05) is 23.7 Å². The first-order chi connectivity index (χ1) is 17.5. The fourth-order valence-electron chi connectivity index (χ4n) is 3.08. The van der Waals surface area contributed by atoms with Gasteiger partial charge in [-0.15, -0.1) is 10.2 Å². The first kappa shape index (κ1) is 24.3. The molecule has 0 unspecified atom stereocenters. The monoisotopic (exact) mass is 488 g/mol. The third-order valence-corrected chi connectivity index (χ3v) is 4.94.